The Labute approximate surface area is 66.2 Å². The monoisotopic (exact) mass is 152 g/mol. The molecule has 2 atom stereocenters. The molecule has 0 N–H and O–H groups in total. The minimum Gasteiger partial charge on any atom is -0.366 e. The fourth-order valence-electron chi connectivity index (χ4n) is 1.97. The van der Waals surface area contributed by atoms with Gasteiger partial charge in [-0.05, 0) is 24.8 Å². The summed E-state index contributed by atoms with van der Waals surface area (Å²) in [6.45, 7) is 0. The third-order valence-corrected chi connectivity index (χ3v) is 2.81. The van der Waals surface area contributed by atoms with Crippen LogP contribution >= 0.6 is 0 Å². The minimum atomic E-state index is -0.533. The highest BCUT2D eigenvalue weighted by Gasteiger charge is 2.43. The molecule has 0 saturated heterocycles. The van der Waals surface area contributed by atoms with E-state index in [1.807, 2.05) is 6.08 Å². The first kappa shape index (κ1) is 7.04. The molecule has 3 rings (SSSR count). The lowest BCUT2D eigenvalue weighted by molar-refractivity contribution is -0.141. The van der Waals surface area contributed by atoms with Crippen LogP contribution in [0.1, 0.15) is 19.3 Å². The van der Waals surface area contributed by atoms with E-state index in [4.69, 9.17) is 4.74 Å². The number of hydrogen-bond donors (Lipinski definition) is 0. The zero-order valence-corrected chi connectivity index (χ0v) is 6.67. The van der Waals surface area contributed by atoms with Gasteiger partial charge in [-0.25, -0.2) is 0 Å². The summed E-state index contributed by atoms with van der Waals surface area (Å²) in [4.78, 5) is 11.4. The SMILES string of the molecule is COC12C=CC(CC1)CC2=O. The van der Waals surface area contributed by atoms with Crippen molar-refractivity contribution in [1.82, 2.24) is 0 Å². The number of fused-ring (bicyclic) bond motifs is 2. The molecule has 2 nitrogen and oxygen atoms in total. The molecule has 2 heteroatoms. The van der Waals surface area contributed by atoms with E-state index in [1.54, 1.807) is 7.11 Å². The normalized spacial score (nSPS) is 41.5. The summed E-state index contributed by atoms with van der Waals surface area (Å²) in [7, 11) is 1.62. The van der Waals surface area contributed by atoms with Crippen LogP contribution in [0.3, 0.4) is 0 Å². The van der Waals surface area contributed by atoms with Gasteiger partial charge in [-0.1, -0.05) is 6.08 Å². The van der Waals surface area contributed by atoms with Crippen molar-refractivity contribution in [2.24, 2.45) is 5.92 Å². The Morgan fingerprint density at radius 1 is 1.73 bits per heavy atom. The van der Waals surface area contributed by atoms with E-state index in [9.17, 15) is 4.79 Å². The van der Waals surface area contributed by atoms with Crippen LogP contribution in [0.4, 0.5) is 0 Å². The fourth-order valence-corrected chi connectivity index (χ4v) is 1.97. The maximum absolute atomic E-state index is 11.4. The van der Waals surface area contributed by atoms with E-state index in [0.29, 0.717) is 12.3 Å². The second-order valence-corrected chi connectivity index (χ2v) is 3.38. The lowest BCUT2D eigenvalue weighted by Gasteiger charge is -2.38. The largest absolute Gasteiger partial charge is 0.366 e. The Hall–Kier alpha value is -0.630. The molecule has 11 heavy (non-hydrogen) atoms. The van der Waals surface area contributed by atoms with Crippen molar-refractivity contribution in [2.45, 2.75) is 24.9 Å². The molecule has 0 aliphatic heterocycles. The van der Waals surface area contributed by atoms with Gasteiger partial charge in [-0.3, -0.25) is 4.79 Å². The molecule has 3 aliphatic carbocycles. The van der Waals surface area contributed by atoms with Crippen molar-refractivity contribution < 1.29 is 9.53 Å². The van der Waals surface area contributed by atoms with Gasteiger partial charge in [0.05, 0.1) is 0 Å². The first-order valence-electron chi connectivity index (χ1n) is 4.05. The van der Waals surface area contributed by atoms with Gasteiger partial charge in [0.25, 0.3) is 0 Å². The third-order valence-electron chi connectivity index (χ3n) is 2.81. The van der Waals surface area contributed by atoms with Gasteiger partial charge >= 0.3 is 0 Å². The molecule has 0 radical (unpaired) electrons. The quantitative estimate of drug-likeness (QED) is 0.529. The standard InChI is InChI=1S/C9H12O2/c1-11-9-4-2-7(3-5-9)6-8(9)10/h2,4,7H,3,5-6H2,1H3. The molecule has 1 fully saturated rings. The zero-order valence-electron chi connectivity index (χ0n) is 6.67. The first-order chi connectivity index (χ1) is 5.27. The van der Waals surface area contributed by atoms with E-state index in [0.717, 1.165) is 12.8 Å². The predicted octanol–water partition coefficient (Wildman–Crippen LogP) is 1.31. The number of hydrogen-bond acceptors (Lipinski definition) is 2. The van der Waals surface area contributed by atoms with Crippen molar-refractivity contribution >= 4 is 5.78 Å². The van der Waals surface area contributed by atoms with Crippen LogP contribution in [0.15, 0.2) is 12.2 Å². The molecule has 0 aromatic rings. The molecule has 0 aromatic carbocycles. The smallest absolute Gasteiger partial charge is 0.169 e. The Kier molecular flexibility index (Phi) is 1.39. The van der Waals surface area contributed by atoms with E-state index in [2.05, 4.69) is 6.08 Å². The number of carbonyl (C=O) groups excluding carboxylic acids is 1. The molecular weight excluding hydrogens is 140 g/mol. The van der Waals surface area contributed by atoms with Crippen molar-refractivity contribution in [3.63, 3.8) is 0 Å². The molecule has 2 unspecified atom stereocenters. The van der Waals surface area contributed by atoms with Crippen LogP contribution in [0.25, 0.3) is 0 Å². The van der Waals surface area contributed by atoms with E-state index >= 15 is 0 Å². The summed E-state index contributed by atoms with van der Waals surface area (Å²) < 4.78 is 5.24. The van der Waals surface area contributed by atoms with Crippen LogP contribution in [0.2, 0.25) is 0 Å². The highest BCUT2D eigenvalue weighted by atomic mass is 16.5. The Morgan fingerprint density at radius 3 is 2.91 bits per heavy atom. The molecule has 2 bridgehead atoms. The number of rotatable bonds is 1. The molecule has 3 aliphatic rings. The molecular formula is C9H12O2. The highest BCUT2D eigenvalue weighted by Crippen LogP contribution is 2.38. The fraction of sp³-hybridized carbons (Fsp3) is 0.667. The average Bonchev–Trinajstić information content (AvgIpc) is 2.07. The number of methoxy groups -OCH3 is 1. The van der Waals surface area contributed by atoms with Gasteiger partial charge in [-0.15, -0.1) is 0 Å². The lowest BCUT2D eigenvalue weighted by atomic mass is 9.72. The second kappa shape index (κ2) is 2.18. The van der Waals surface area contributed by atoms with Crippen molar-refractivity contribution in [1.29, 1.82) is 0 Å². The summed E-state index contributed by atoms with van der Waals surface area (Å²) >= 11 is 0. The zero-order chi connectivity index (χ0) is 7.90. The van der Waals surface area contributed by atoms with Gasteiger partial charge in [-0.2, -0.15) is 0 Å². The topological polar surface area (TPSA) is 26.3 Å². The molecule has 0 heterocycles. The molecule has 0 amide bonds. The van der Waals surface area contributed by atoms with Crippen molar-refractivity contribution in [3.05, 3.63) is 12.2 Å². The molecule has 1 saturated carbocycles. The van der Waals surface area contributed by atoms with Crippen LogP contribution in [-0.2, 0) is 9.53 Å². The maximum atomic E-state index is 11.4. The molecule has 0 aromatic heterocycles. The summed E-state index contributed by atoms with van der Waals surface area (Å²) in [5, 5.41) is 0. The van der Waals surface area contributed by atoms with Crippen LogP contribution < -0.4 is 0 Å². The number of ketones is 1. The Morgan fingerprint density at radius 2 is 2.55 bits per heavy atom. The lowest BCUT2D eigenvalue weighted by Crippen LogP contribution is -2.46. The van der Waals surface area contributed by atoms with Crippen molar-refractivity contribution in [2.75, 3.05) is 7.11 Å². The summed E-state index contributed by atoms with van der Waals surface area (Å²) in [5.41, 5.74) is -0.533. The Bertz CT molecular complexity index is 220. The van der Waals surface area contributed by atoms with Crippen molar-refractivity contribution in [3.8, 4) is 0 Å². The van der Waals surface area contributed by atoms with Gasteiger partial charge in [0.2, 0.25) is 0 Å². The van der Waals surface area contributed by atoms with Crippen LogP contribution in [0, 0.1) is 5.92 Å². The van der Waals surface area contributed by atoms with E-state index < -0.39 is 5.60 Å². The van der Waals surface area contributed by atoms with E-state index in [1.165, 1.54) is 0 Å². The minimum absolute atomic E-state index is 0.263. The Balaban J connectivity index is 2.36. The number of carbonyl (C=O) groups is 1. The number of Topliss-reactive ketones (excluding diaryl/α,β-unsaturated/α-hetero) is 1. The van der Waals surface area contributed by atoms with Gasteiger partial charge in [0.15, 0.2) is 5.78 Å². The van der Waals surface area contributed by atoms with E-state index in [-0.39, 0.29) is 5.78 Å². The number of ether oxygens (including phenoxy) is 1. The van der Waals surface area contributed by atoms with Gasteiger partial charge in [0, 0.05) is 13.5 Å². The van der Waals surface area contributed by atoms with Crippen LogP contribution in [-0.4, -0.2) is 18.5 Å². The molecule has 60 valence electrons. The highest BCUT2D eigenvalue weighted by molar-refractivity contribution is 5.91. The first-order valence-corrected chi connectivity index (χ1v) is 4.05. The summed E-state index contributed by atoms with van der Waals surface area (Å²) in [6, 6.07) is 0. The second-order valence-electron chi connectivity index (χ2n) is 3.38. The third kappa shape index (κ3) is 0.857. The predicted molar refractivity (Wildman–Crippen MR) is 41.2 cm³/mol. The molecule has 0 spiro atoms. The number of allylic oxidation sites excluding steroid dienone is 1. The van der Waals surface area contributed by atoms with Crippen LogP contribution in [0.5, 0.6) is 0 Å². The van der Waals surface area contributed by atoms with Gasteiger partial charge < -0.3 is 4.74 Å². The average molecular weight is 152 g/mol. The maximum Gasteiger partial charge on any atom is 0.169 e. The summed E-state index contributed by atoms with van der Waals surface area (Å²) in [5.74, 6) is 0.762. The van der Waals surface area contributed by atoms with Gasteiger partial charge in [0.1, 0.15) is 5.60 Å². The summed E-state index contributed by atoms with van der Waals surface area (Å²) in [6.07, 6.45) is 6.73.